The number of hydrogen-bond donors (Lipinski definition) is 4. The Bertz CT molecular complexity index is 556. The van der Waals surface area contributed by atoms with Crippen molar-refractivity contribution in [2.24, 2.45) is 11.7 Å². The number of anilines is 1. The van der Waals surface area contributed by atoms with Crippen molar-refractivity contribution in [2.45, 2.75) is 25.3 Å². The molecule has 2 unspecified atom stereocenters. The second kappa shape index (κ2) is 6.25. The number of benzene rings is 1. The summed E-state index contributed by atoms with van der Waals surface area (Å²) in [6, 6.07) is 5.52. The number of urea groups is 1. The Kier molecular flexibility index (Phi) is 4.42. The topological polar surface area (TPSA) is 122 Å². The maximum absolute atomic E-state index is 12.0. The first kappa shape index (κ1) is 14.8. The molecule has 2 rings (SSSR count). The number of amides is 3. The number of hydrogen-bond acceptors (Lipinski definition) is 3. The molecule has 1 aromatic rings. The molecule has 1 aliphatic carbocycles. The second-order valence-electron chi connectivity index (χ2n) is 5.09. The van der Waals surface area contributed by atoms with Gasteiger partial charge in [-0.2, -0.15) is 0 Å². The molecule has 0 saturated heterocycles. The number of carbonyl (C=O) groups is 3. The molecule has 7 heteroatoms. The normalized spacial score (nSPS) is 20.8. The van der Waals surface area contributed by atoms with Crippen molar-refractivity contribution in [3.05, 3.63) is 29.8 Å². The molecule has 7 nitrogen and oxygen atoms in total. The number of nitrogens with two attached hydrogens (primary N) is 1. The lowest BCUT2D eigenvalue weighted by Gasteiger charge is -2.12. The Morgan fingerprint density at radius 2 is 1.81 bits per heavy atom. The van der Waals surface area contributed by atoms with Gasteiger partial charge in [0.1, 0.15) is 0 Å². The summed E-state index contributed by atoms with van der Waals surface area (Å²) in [6.45, 7) is 0. The molecular weight excluding hydrogens is 274 g/mol. The Morgan fingerprint density at radius 1 is 1.14 bits per heavy atom. The lowest BCUT2D eigenvalue weighted by Crippen LogP contribution is -2.33. The summed E-state index contributed by atoms with van der Waals surface area (Å²) in [7, 11) is 0. The van der Waals surface area contributed by atoms with Crippen LogP contribution in [0, 0.1) is 5.92 Å². The minimum Gasteiger partial charge on any atom is -0.481 e. The van der Waals surface area contributed by atoms with Crippen LogP contribution in [0.4, 0.5) is 10.5 Å². The largest absolute Gasteiger partial charge is 0.481 e. The highest BCUT2D eigenvalue weighted by Crippen LogP contribution is 2.25. The van der Waals surface area contributed by atoms with Crippen LogP contribution in [0.2, 0.25) is 0 Å². The first-order valence-electron chi connectivity index (χ1n) is 6.66. The highest BCUT2D eigenvalue weighted by atomic mass is 16.4. The van der Waals surface area contributed by atoms with Gasteiger partial charge in [-0.3, -0.25) is 9.59 Å². The predicted molar refractivity (Wildman–Crippen MR) is 75.9 cm³/mol. The maximum atomic E-state index is 12.0. The van der Waals surface area contributed by atoms with Gasteiger partial charge in [-0.15, -0.1) is 0 Å². The molecule has 5 N–H and O–H groups in total. The first-order chi connectivity index (χ1) is 9.95. The van der Waals surface area contributed by atoms with Gasteiger partial charge < -0.3 is 21.5 Å². The van der Waals surface area contributed by atoms with Crippen LogP contribution in [0.15, 0.2) is 24.3 Å². The predicted octanol–water partition coefficient (Wildman–Crippen LogP) is 1.16. The number of rotatable bonds is 4. The van der Waals surface area contributed by atoms with Gasteiger partial charge in [0.15, 0.2) is 0 Å². The van der Waals surface area contributed by atoms with Gasteiger partial charge >= 0.3 is 12.0 Å². The van der Waals surface area contributed by atoms with E-state index in [0.717, 1.165) is 0 Å². The highest BCUT2D eigenvalue weighted by molar-refractivity contribution is 5.95. The number of aliphatic carboxylic acids is 1. The van der Waals surface area contributed by atoms with E-state index in [1.807, 2.05) is 0 Å². The minimum atomic E-state index is -0.811. The van der Waals surface area contributed by atoms with Crippen LogP contribution in [0.3, 0.4) is 0 Å². The monoisotopic (exact) mass is 291 g/mol. The molecule has 0 aromatic heterocycles. The molecule has 1 aliphatic rings. The maximum Gasteiger partial charge on any atom is 0.316 e. The molecule has 3 amide bonds. The fourth-order valence-corrected chi connectivity index (χ4v) is 2.45. The fraction of sp³-hybridized carbons (Fsp3) is 0.357. The van der Waals surface area contributed by atoms with Crippen molar-refractivity contribution in [3.63, 3.8) is 0 Å². The van der Waals surface area contributed by atoms with E-state index in [9.17, 15) is 14.4 Å². The number of nitrogens with one attached hydrogen (secondary N) is 2. The van der Waals surface area contributed by atoms with Gasteiger partial charge in [0, 0.05) is 17.3 Å². The Balaban J connectivity index is 1.92. The Labute approximate surface area is 121 Å². The fourth-order valence-electron chi connectivity index (χ4n) is 2.45. The summed E-state index contributed by atoms with van der Waals surface area (Å²) in [4.78, 5) is 33.6. The van der Waals surface area contributed by atoms with Gasteiger partial charge in [-0.1, -0.05) is 0 Å². The van der Waals surface area contributed by atoms with Crippen LogP contribution in [0.25, 0.3) is 0 Å². The van der Waals surface area contributed by atoms with Gasteiger partial charge in [0.25, 0.3) is 5.91 Å². The zero-order valence-corrected chi connectivity index (χ0v) is 11.3. The highest BCUT2D eigenvalue weighted by Gasteiger charge is 2.30. The summed E-state index contributed by atoms with van der Waals surface area (Å²) >= 11 is 0. The molecule has 0 radical (unpaired) electrons. The van der Waals surface area contributed by atoms with Gasteiger partial charge in [0.2, 0.25) is 0 Å². The van der Waals surface area contributed by atoms with Crippen LogP contribution in [-0.2, 0) is 4.79 Å². The minimum absolute atomic E-state index is 0.109. The molecule has 1 saturated carbocycles. The smallest absolute Gasteiger partial charge is 0.316 e. The van der Waals surface area contributed by atoms with E-state index in [1.54, 1.807) is 24.3 Å². The number of carbonyl (C=O) groups excluding carboxylic acids is 2. The number of carboxylic acids is 1. The van der Waals surface area contributed by atoms with E-state index < -0.39 is 12.0 Å². The summed E-state index contributed by atoms with van der Waals surface area (Å²) in [6.07, 6.45) is 1.72. The van der Waals surface area contributed by atoms with E-state index >= 15 is 0 Å². The summed E-state index contributed by atoms with van der Waals surface area (Å²) in [5.41, 5.74) is 5.94. The molecule has 21 heavy (non-hydrogen) atoms. The van der Waals surface area contributed by atoms with E-state index in [0.29, 0.717) is 30.5 Å². The SMILES string of the molecule is NC(=O)Nc1ccc(C(=O)NC2CCC(C(=O)O)C2)cc1. The zero-order valence-electron chi connectivity index (χ0n) is 11.3. The molecular formula is C14H17N3O4. The standard InChI is InChI=1S/C14H17N3O4/c15-14(21)17-10-4-1-8(2-5-10)12(18)16-11-6-3-9(7-11)13(19)20/h1-2,4-5,9,11H,3,6-7H2,(H,16,18)(H,19,20)(H3,15,17,21). The zero-order chi connectivity index (χ0) is 15.4. The summed E-state index contributed by atoms with van der Waals surface area (Å²) < 4.78 is 0. The van der Waals surface area contributed by atoms with Crippen LogP contribution in [0.5, 0.6) is 0 Å². The molecule has 0 aliphatic heterocycles. The third-order valence-electron chi connectivity index (χ3n) is 3.53. The Morgan fingerprint density at radius 3 is 2.33 bits per heavy atom. The van der Waals surface area contributed by atoms with Crippen LogP contribution >= 0.6 is 0 Å². The number of carboxylic acid groups (broad SMARTS) is 1. The lowest BCUT2D eigenvalue weighted by molar-refractivity contribution is -0.141. The van der Waals surface area contributed by atoms with Gasteiger partial charge in [0.05, 0.1) is 5.92 Å². The third kappa shape index (κ3) is 3.95. The summed E-state index contributed by atoms with van der Waals surface area (Å²) in [5.74, 6) is -1.44. The van der Waals surface area contributed by atoms with Crippen molar-refractivity contribution in [2.75, 3.05) is 5.32 Å². The van der Waals surface area contributed by atoms with E-state index in [2.05, 4.69) is 10.6 Å². The molecule has 0 heterocycles. The molecule has 1 fully saturated rings. The summed E-state index contributed by atoms with van der Waals surface area (Å²) in [5, 5.41) is 14.2. The molecule has 0 spiro atoms. The van der Waals surface area contributed by atoms with Crippen LogP contribution in [-0.4, -0.2) is 29.1 Å². The van der Waals surface area contributed by atoms with Crippen molar-refractivity contribution in [3.8, 4) is 0 Å². The van der Waals surface area contributed by atoms with Gasteiger partial charge in [-0.05, 0) is 43.5 Å². The first-order valence-corrected chi connectivity index (χ1v) is 6.66. The van der Waals surface area contributed by atoms with Crippen LogP contribution < -0.4 is 16.4 Å². The molecule has 0 bridgehead atoms. The third-order valence-corrected chi connectivity index (χ3v) is 3.53. The number of primary amides is 1. The van der Waals surface area contributed by atoms with E-state index in [1.165, 1.54) is 0 Å². The second-order valence-corrected chi connectivity index (χ2v) is 5.09. The van der Waals surface area contributed by atoms with Crippen molar-refractivity contribution < 1.29 is 19.5 Å². The Hall–Kier alpha value is -2.57. The molecule has 1 aromatic carbocycles. The van der Waals surface area contributed by atoms with E-state index in [4.69, 9.17) is 10.8 Å². The quantitative estimate of drug-likeness (QED) is 0.665. The van der Waals surface area contributed by atoms with Crippen LogP contribution in [0.1, 0.15) is 29.6 Å². The van der Waals surface area contributed by atoms with Gasteiger partial charge in [-0.25, -0.2) is 4.79 Å². The van der Waals surface area contributed by atoms with Crippen molar-refractivity contribution >= 4 is 23.6 Å². The lowest BCUT2D eigenvalue weighted by atomic mass is 10.1. The average molecular weight is 291 g/mol. The van der Waals surface area contributed by atoms with Crippen molar-refractivity contribution in [1.82, 2.24) is 5.32 Å². The van der Waals surface area contributed by atoms with E-state index in [-0.39, 0.29) is 17.9 Å². The average Bonchev–Trinajstić information content (AvgIpc) is 2.87. The molecule has 112 valence electrons. The van der Waals surface area contributed by atoms with Crippen molar-refractivity contribution in [1.29, 1.82) is 0 Å². The molecule has 2 atom stereocenters.